The lowest BCUT2D eigenvalue weighted by Gasteiger charge is -2.32. The van der Waals surface area contributed by atoms with Gasteiger partial charge < -0.3 is 10.2 Å². The minimum absolute atomic E-state index is 0.0787. The molecule has 0 atom stereocenters. The Bertz CT molecular complexity index is 854. The Morgan fingerprint density at radius 3 is 2.45 bits per heavy atom. The second-order valence-corrected chi connectivity index (χ2v) is 8.82. The Morgan fingerprint density at radius 2 is 1.93 bits per heavy atom. The van der Waals surface area contributed by atoms with Crippen LogP contribution in [0.3, 0.4) is 0 Å². The molecular weight excluding hydrogens is 362 g/mol. The van der Waals surface area contributed by atoms with Crippen LogP contribution in [0.15, 0.2) is 39.8 Å². The molecule has 0 aromatic carbocycles. The van der Waals surface area contributed by atoms with Crippen LogP contribution in [0.2, 0.25) is 0 Å². The predicted molar refractivity (Wildman–Crippen MR) is 117 cm³/mol. The number of hydrogen-bond acceptors (Lipinski definition) is 5. The number of amides is 1. The lowest BCUT2D eigenvalue weighted by Crippen LogP contribution is -2.40. The van der Waals surface area contributed by atoms with Crippen molar-refractivity contribution in [2.24, 2.45) is 4.99 Å². The van der Waals surface area contributed by atoms with Crippen LogP contribution in [-0.4, -0.2) is 46.1 Å². The van der Waals surface area contributed by atoms with Gasteiger partial charge in [0.25, 0.3) is 5.91 Å². The van der Waals surface area contributed by atoms with Crippen LogP contribution in [0.4, 0.5) is 0 Å². The standard InChI is InChI=1S/C23H33N5O/c1-15(2)19(17(4)20(24-6)27-23(5)10-11-23)22(29)28-13-8-18(9-14-28)21-25-12-7-16(3)26-21/h7,12,18,27H,6,8-11,13-14H2,1-5H3/b20-17-. The third-order valence-electron chi connectivity index (χ3n) is 5.98. The first-order chi connectivity index (χ1) is 13.7. The number of rotatable bonds is 6. The Kier molecular flexibility index (Phi) is 6.20. The molecule has 0 unspecified atom stereocenters. The fourth-order valence-corrected chi connectivity index (χ4v) is 3.88. The number of piperidine rings is 1. The normalized spacial score (nSPS) is 19.3. The molecule has 1 aliphatic heterocycles. The molecule has 156 valence electrons. The van der Waals surface area contributed by atoms with E-state index in [-0.39, 0.29) is 11.4 Å². The summed E-state index contributed by atoms with van der Waals surface area (Å²) in [6, 6.07) is 1.92. The van der Waals surface area contributed by atoms with Crippen molar-refractivity contribution >= 4 is 12.6 Å². The Balaban J connectivity index is 1.74. The molecule has 1 amide bonds. The summed E-state index contributed by atoms with van der Waals surface area (Å²) in [5.41, 5.74) is 3.69. The summed E-state index contributed by atoms with van der Waals surface area (Å²) in [5.74, 6) is 2.01. The van der Waals surface area contributed by atoms with Gasteiger partial charge in [-0.3, -0.25) is 4.79 Å². The van der Waals surface area contributed by atoms with Crippen LogP contribution >= 0.6 is 0 Å². The summed E-state index contributed by atoms with van der Waals surface area (Å²) in [6.45, 7) is 15.3. The van der Waals surface area contributed by atoms with Gasteiger partial charge in [-0.1, -0.05) is 5.57 Å². The maximum Gasteiger partial charge on any atom is 0.254 e. The molecule has 1 N–H and O–H groups in total. The van der Waals surface area contributed by atoms with E-state index in [2.05, 4.69) is 33.9 Å². The van der Waals surface area contributed by atoms with Crippen molar-refractivity contribution in [3.05, 3.63) is 46.3 Å². The fraction of sp³-hybridized carbons (Fsp3) is 0.565. The van der Waals surface area contributed by atoms with Gasteiger partial charge in [0.05, 0.1) is 0 Å². The van der Waals surface area contributed by atoms with Gasteiger partial charge in [0.2, 0.25) is 0 Å². The smallest absolute Gasteiger partial charge is 0.254 e. The topological polar surface area (TPSA) is 70.5 Å². The maximum absolute atomic E-state index is 13.4. The van der Waals surface area contributed by atoms with E-state index >= 15 is 0 Å². The van der Waals surface area contributed by atoms with Gasteiger partial charge in [-0.2, -0.15) is 0 Å². The van der Waals surface area contributed by atoms with Crippen molar-refractivity contribution in [3.8, 4) is 0 Å². The highest BCUT2D eigenvalue weighted by Gasteiger charge is 2.38. The minimum atomic E-state index is 0.0787. The van der Waals surface area contributed by atoms with Crippen molar-refractivity contribution < 1.29 is 4.79 Å². The first-order valence-electron chi connectivity index (χ1n) is 10.5. The molecule has 6 heteroatoms. The van der Waals surface area contributed by atoms with Crippen molar-refractivity contribution in [1.82, 2.24) is 20.2 Å². The Labute approximate surface area is 174 Å². The molecule has 1 aromatic rings. The quantitative estimate of drug-likeness (QED) is 0.450. The molecule has 0 radical (unpaired) electrons. The third-order valence-corrected chi connectivity index (χ3v) is 5.98. The molecule has 2 heterocycles. The summed E-state index contributed by atoms with van der Waals surface area (Å²) < 4.78 is 0. The van der Waals surface area contributed by atoms with Crippen molar-refractivity contribution in [2.75, 3.05) is 13.1 Å². The van der Waals surface area contributed by atoms with E-state index in [1.54, 1.807) is 0 Å². The molecule has 0 spiro atoms. The van der Waals surface area contributed by atoms with Crippen molar-refractivity contribution in [3.63, 3.8) is 0 Å². The number of carbonyl (C=O) groups is 1. The van der Waals surface area contributed by atoms with E-state index in [0.29, 0.717) is 19.0 Å². The highest BCUT2D eigenvalue weighted by atomic mass is 16.2. The summed E-state index contributed by atoms with van der Waals surface area (Å²) in [6.07, 6.45) is 5.83. The number of aryl methyl sites for hydroxylation is 1. The molecular formula is C23H33N5O. The lowest BCUT2D eigenvalue weighted by atomic mass is 9.94. The molecule has 6 nitrogen and oxygen atoms in total. The number of nitrogens with one attached hydrogen (secondary N) is 1. The molecule has 0 bridgehead atoms. The van der Waals surface area contributed by atoms with Crippen LogP contribution in [0, 0.1) is 6.92 Å². The second kappa shape index (κ2) is 8.47. The highest BCUT2D eigenvalue weighted by Crippen LogP contribution is 2.36. The lowest BCUT2D eigenvalue weighted by molar-refractivity contribution is -0.128. The van der Waals surface area contributed by atoms with E-state index < -0.39 is 0 Å². The monoisotopic (exact) mass is 395 g/mol. The van der Waals surface area contributed by atoms with Gasteiger partial charge in [-0.25, -0.2) is 15.0 Å². The zero-order valence-corrected chi connectivity index (χ0v) is 18.4. The second-order valence-electron chi connectivity index (χ2n) is 8.82. The van der Waals surface area contributed by atoms with E-state index in [1.165, 1.54) is 0 Å². The number of carbonyl (C=O) groups excluding carboxylic acids is 1. The molecule has 3 rings (SSSR count). The molecule has 2 fully saturated rings. The van der Waals surface area contributed by atoms with Gasteiger partial charge >= 0.3 is 0 Å². The number of likely N-dealkylation sites (tertiary alicyclic amines) is 1. The van der Waals surface area contributed by atoms with Crippen molar-refractivity contribution in [2.45, 2.75) is 71.8 Å². The molecule has 1 aromatic heterocycles. The summed E-state index contributed by atoms with van der Waals surface area (Å²) in [7, 11) is 0. The van der Waals surface area contributed by atoms with Gasteiger partial charge in [-0.15, -0.1) is 0 Å². The van der Waals surface area contributed by atoms with Crippen LogP contribution in [0.1, 0.15) is 70.8 Å². The minimum Gasteiger partial charge on any atom is -0.365 e. The molecule has 29 heavy (non-hydrogen) atoms. The Morgan fingerprint density at radius 1 is 1.28 bits per heavy atom. The van der Waals surface area contributed by atoms with E-state index in [1.807, 2.05) is 44.9 Å². The molecule has 1 aliphatic carbocycles. The zero-order valence-electron chi connectivity index (χ0n) is 18.4. The molecule has 1 saturated carbocycles. The largest absolute Gasteiger partial charge is 0.365 e. The number of allylic oxidation sites excluding steroid dienone is 1. The average molecular weight is 396 g/mol. The van der Waals surface area contributed by atoms with Gasteiger partial charge in [0.15, 0.2) is 0 Å². The first kappa shape index (κ1) is 21.2. The summed E-state index contributed by atoms with van der Waals surface area (Å²) in [4.78, 5) is 28.6. The highest BCUT2D eigenvalue weighted by molar-refractivity contribution is 5.98. The number of hydrogen-bond donors (Lipinski definition) is 1. The zero-order chi connectivity index (χ0) is 21.2. The van der Waals surface area contributed by atoms with Gasteiger partial charge in [-0.05, 0) is 73.1 Å². The van der Waals surface area contributed by atoms with Crippen molar-refractivity contribution in [1.29, 1.82) is 0 Å². The van der Waals surface area contributed by atoms with Crippen LogP contribution < -0.4 is 5.32 Å². The molecule has 1 saturated heterocycles. The van der Waals surface area contributed by atoms with Crippen LogP contribution in [0.25, 0.3) is 0 Å². The van der Waals surface area contributed by atoms with E-state index in [9.17, 15) is 4.79 Å². The summed E-state index contributed by atoms with van der Waals surface area (Å²) in [5, 5.41) is 3.47. The average Bonchev–Trinajstić information content (AvgIpc) is 3.43. The van der Waals surface area contributed by atoms with E-state index in [0.717, 1.165) is 59.7 Å². The van der Waals surface area contributed by atoms with Crippen LogP contribution in [0.5, 0.6) is 0 Å². The molecule has 2 aliphatic rings. The van der Waals surface area contributed by atoms with Crippen LogP contribution in [-0.2, 0) is 4.79 Å². The third kappa shape index (κ3) is 4.92. The van der Waals surface area contributed by atoms with E-state index in [4.69, 9.17) is 0 Å². The van der Waals surface area contributed by atoms with Gasteiger partial charge in [0.1, 0.15) is 11.6 Å². The fourth-order valence-electron chi connectivity index (χ4n) is 3.88. The maximum atomic E-state index is 13.4. The predicted octanol–water partition coefficient (Wildman–Crippen LogP) is 3.90. The number of aromatic nitrogens is 2. The number of aliphatic imine (C=N–C) groups is 1. The Hall–Kier alpha value is -2.50. The number of nitrogens with zero attached hydrogens (tertiary/aromatic N) is 4. The SMILES string of the molecule is C=N/C(NC1(C)CC1)=C(\C)C(C(=O)N1CCC(c2nccc(C)n2)CC1)=C(C)C. The van der Waals surface area contributed by atoms with Gasteiger partial charge in [0, 0.05) is 47.6 Å². The first-order valence-corrected chi connectivity index (χ1v) is 10.5. The summed E-state index contributed by atoms with van der Waals surface area (Å²) >= 11 is 0.